The van der Waals surface area contributed by atoms with Crippen LogP contribution in [0.15, 0.2) is 12.1 Å². The van der Waals surface area contributed by atoms with Gasteiger partial charge in [0.05, 0.1) is 0 Å². The maximum absolute atomic E-state index is 11.6. The summed E-state index contributed by atoms with van der Waals surface area (Å²) in [6.07, 6.45) is -0.467. The lowest BCUT2D eigenvalue weighted by Crippen LogP contribution is -2.42. The maximum atomic E-state index is 11.6. The Hall–Kier alpha value is -1.55. The second kappa shape index (κ2) is 6.27. The first-order valence-corrected chi connectivity index (χ1v) is 6.92. The summed E-state index contributed by atoms with van der Waals surface area (Å²) < 4.78 is 5.18. The molecule has 0 saturated heterocycles. The molecule has 0 saturated carbocycles. The normalized spacial score (nSPS) is 12.9. The van der Waals surface area contributed by atoms with Crippen LogP contribution in [0.1, 0.15) is 56.0 Å². The number of nitrogens with one attached hydrogen (secondary N) is 2. The third-order valence-electron chi connectivity index (χ3n) is 3.14. The third-order valence-corrected chi connectivity index (χ3v) is 3.14. The Labute approximate surface area is 121 Å². The smallest absolute Gasteiger partial charge is 0.422 e. The molecule has 0 aromatic heterocycles. The van der Waals surface area contributed by atoms with E-state index in [1.165, 1.54) is 22.3 Å². The van der Waals surface area contributed by atoms with Gasteiger partial charge in [-0.3, -0.25) is 5.43 Å². The first-order chi connectivity index (χ1) is 9.10. The molecule has 1 aromatic carbocycles. The van der Waals surface area contributed by atoms with Gasteiger partial charge in [-0.05, 0) is 70.7 Å². The first kappa shape index (κ1) is 16.5. The number of benzene rings is 1. The largest absolute Gasteiger partial charge is 0.443 e. The van der Waals surface area contributed by atoms with Gasteiger partial charge in [0.15, 0.2) is 0 Å². The van der Waals surface area contributed by atoms with E-state index in [-0.39, 0.29) is 6.04 Å². The summed E-state index contributed by atoms with van der Waals surface area (Å²) in [7, 11) is 0. The van der Waals surface area contributed by atoms with Crippen molar-refractivity contribution in [2.45, 2.75) is 60.1 Å². The Bertz CT molecular complexity index is 490. The lowest BCUT2D eigenvalue weighted by molar-refractivity contribution is 0.0489. The second-order valence-electron chi connectivity index (χ2n) is 6.29. The molecule has 0 bridgehead atoms. The van der Waals surface area contributed by atoms with Crippen LogP contribution in [0.3, 0.4) is 0 Å². The van der Waals surface area contributed by atoms with Crippen molar-refractivity contribution in [1.82, 2.24) is 10.9 Å². The summed E-state index contributed by atoms with van der Waals surface area (Å²) in [4.78, 5) is 11.6. The van der Waals surface area contributed by atoms with E-state index >= 15 is 0 Å². The van der Waals surface area contributed by atoms with Crippen LogP contribution in [0.5, 0.6) is 0 Å². The van der Waals surface area contributed by atoms with Crippen LogP contribution in [-0.2, 0) is 4.74 Å². The molecule has 1 aromatic rings. The number of carbonyl (C=O) groups excluding carboxylic acids is 1. The fraction of sp³-hybridized carbons (Fsp3) is 0.562. The molecular weight excluding hydrogens is 252 g/mol. The minimum Gasteiger partial charge on any atom is -0.443 e. The quantitative estimate of drug-likeness (QED) is 0.829. The molecule has 0 aliphatic carbocycles. The van der Waals surface area contributed by atoms with Crippen molar-refractivity contribution in [2.24, 2.45) is 0 Å². The van der Waals surface area contributed by atoms with Crippen LogP contribution in [-0.4, -0.2) is 11.7 Å². The standard InChI is InChI=1S/C16H26N2O2/c1-10-8-12(3)14(9-11(10)2)13(4)17-18-15(19)20-16(5,6)7/h8-9,13,17H,1-7H3,(H,18,19). The van der Waals surface area contributed by atoms with E-state index in [4.69, 9.17) is 4.74 Å². The van der Waals surface area contributed by atoms with Crippen molar-refractivity contribution in [3.63, 3.8) is 0 Å². The average Bonchev–Trinajstić information content (AvgIpc) is 2.28. The van der Waals surface area contributed by atoms with Gasteiger partial charge >= 0.3 is 6.09 Å². The minimum atomic E-state index is -0.495. The molecule has 20 heavy (non-hydrogen) atoms. The van der Waals surface area contributed by atoms with Crippen molar-refractivity contribution in [3.05, 3.63) is 34.4 Å². The van der Waals surface area contributed by atoms with E-state index in [1.54, 1.807) is 0 Å². The number of carbonyl (C=O) groups is 1. The first-order valence-electron chi connectivity index (χ1n) is 6.92. The van der Waals surface area contributed by atoms with Crippen LogP contribution in [0.4, 0.5) is 4.79 Å². The lowest BCUT2D eigenvalue weighted by Gasteiger charge is -2.22. The molecule has 4 nitrogen and oxygen atoms in total. The summed E-state index contributed by atoms with van der Waals surface area (Å²) in [5.74, 6) is 0. The molecule has 0 fully saturated rings. The van der Waals surface area contributed by atoms with Crippen LogP contribution in [0.25, 0.3) is 0 Å². The predicted molar refractivity (Wildman–Crippen MR) is 81.6 cm³/mol. The Morgan fingerprint density at radius 2 is 1.65 bits per heavy atom. The molecule has 0 radical (unpaired) electrons. The van der Waals surface area contributed by atoms with Crippen molar-refractivity contribution in [1.29, 1.82) is 0 Å². The summed E-state index contributed by atoms with van der Waals surface area (Å²) in [6.45, 7) is 13.8. The molecule has 1 atom stereocenters. The Balaban J connectivity index is 2.66. The highest BCUT2D eigenvalue weighted by Crippen LogP contribution is 2.21. The van der Waals surface area contributed by atoms with Crippen molar-refractivity contribution < 1.29 is 9.53 Å². The number of rotatable bonds is 3. The molecule has 0 aliphatic heterocycles. The van der Waals surface area contributed by atoms with Gasteiger partial charge in [-0.25, -0.2) is 10.2 Å². The maximum Gasteiger partial charge on any atom is 0.422 e. The minimum absolute atomic E-state index is 0.0156. The number of ether oxygens (including phenoxy) is 1. The van der Waals surface area contributed by atoms with Gasteiger partial charge in [-0.2, -0.15) is 0 Å². The van der Waals surface area contributed by atoms with Gasteiger partial charge in [0, 0.05) is 6.04 Å². The number of hydrazine groups is 1. The van der Waals surface area contributed by atoms with E-state index in [0.717, 1.165) is 0 Å². The predicted octanol–water partition coefficient (Wildman–Crippen LogP) is 3.70. The molecule has 0 heterocycles. The van der Waals surface area contributed by atoms with E-state index in [1.807, 2.05) is 27.7 Å². The molecule has 1 unspecified atom stereocenters. The van der Waals surface area contributed by atoms with E-state index < -0.39 is 11.7 Å². The van der Waals surface area contributed by atoms with Gasteiger partial charge in [0.1, 0.15) is 5.60 Å². The molecule has 0 aliphatic rings. The van der Waals surface area contributed by atoms with E-state index in [9.17, 15) is 4.79 Å². The molecule has 112 valence electrons. The zero-order chi connectivity index (χ0) is 15.5. The van der Waals surface area contributed by atoms with Gasteiger partial charge in [-0.1, -0.05) is 12.1 Å². The molecule has 1 amide bonds. The van der Waals surface area contributed by atoms with Crippen LogP contribution in [0.2, 0.25) is 0 Å². The van der Waals surface area contributed by atoms with Crippen LogP contribution >= 0.6 is 0 Å². The fourth-order valence-electron chi connectivity index (χ4n) is 2.00. The second-order valence-corrected chi connectivity index (χ2v) is 6.29. The summed E-state index contributed by atoms with van der Waals surface area (Å²) in [6, 6.07) is 4.33. The van der Waals surface area contributed by atoms with E-state index in [2.05, 4.69) is 43.8 Å². The molecule has 4 heteroatoms. The fourth-order valence-corrected chi connectivity index (χ4v) is 2.00. The summed E-state index contributed by atoms with van der Waals surface area (Å²) in [5, 5.41) is 0. The van der Waals surface area contributed by atoms with E-state index in [0.29, 0.717) is 0 Å². The highest BCUT2D eigenvalue weighted by atomic mass is 16.6. The van der Waals surface area contributed by atoms with Gasteiger partial charge in [0.2, 0.25) is 0 Å². The zero-order valence-corrected chi connectivity index (χ0v) is 13.5. The van der Waals surface area contributed by atoms with Gasteiger partial charge < -0.3 is 4.74 Å². The van der Waals surface area contributed by atoms with Crippen LogP contribution < -0.4 is 10.9 Å². The molecule has 2 N–H and O–H groups in total. The Morgan fingerprint density at radius 3 is 2.20 bits per heavy atom. The lowest BCUT2D eigenvalue weighted by atomic mass is 9.97. The van der Waals surface area contributed by atoms with Crippen molar-refractivity contribution in [2.75, 3.05) is 0 Å². The Morgan fingerprint density at radius 1 is 1.10 bits per heavy atom. The highest BCUT2D eigenvalue weighted by Gasteiger charge is 2.17. The number of hydrogen-bond acceptors (Lipinski definition) is 3. The average molecular weight is 278 g/mol. The topological polar surface area (TPSA) is 50.4 Å². The summed E-state index contributed by atoms with van der Waals surface area (Å²) in [5.41, 5.74) is 9.98. The number of aryl methyl sites for hydroxylation is 3. The highest BCUT2D eigenvalue weighted by molar-refractivity contribution is 5.67. The van der Waals surface area contributed by atoms with Gasteiger partial charge in [-0.15, -0.1) is 0 Å². The number of hydrogen-bond donors (Lipinski definition) is 2. The monoisotopic (exact) mass is 278 g/mol. The Kier molecular flexibility index (Phi) is 5.17. The summed E-state index contributed by atoms with van der Waals surface area (Å²) >= 11 is 0. The van der Waals surface area contributed by atoms with Gasteiger partial charge in [0.25, 0.3) is 0 Å². The molecule has 0 spiro atoms. The van der Waals surface area contributed by atoms with Crippen molar-refractivity contribution >= 4 is 6.09 Å². The van der Waals surface area contributed by atoms with Crippen LogP contribution in [0, 0.1) is 20.8 Å². The zero-order valence-electron chi connectivity index (χ0n) is 13.5. The number of amides is 1. The SMILES string of the molecule is Cc1cc(C)c(C(C)NNC(=O)OC(C)(C)C)cc1C. The molecular formula is C16H26N2O2. The third kappa shape index (κ3) is 4.85. The van der Waals surface area contributed by atoms with Crippen molar-refractivity contribution in [3.8, 4) is 0 Å². The molecule has 1 rings (SSSR count).